The van der Waals surface area contributed by atoms with Crippen molar-refractivity contribution < 1.29 is 13.9 Å². The summed E-state index contributed by atoms with van der Waals surface area (Å²) in [5, 5.41) is 4.51. The third-order valence-corrected chi connectivity index (χ3v) is 3.42. The molecule has 3 rings (SSSR count). The van der Waals surface area contributed by atoms with Crippen molar-refractivity contribution in [2.24, 2.45) is 0 Å². The topological polar surface area (TPSA) is 61.2 Å². The number of esters is 1. The standard InChI is InChI=1S/C17H13FN2O3/c1-11(21)23-10-13-5-2-3-8-15(13)20-17(22)16-12(9-19-20)6-4-7-14(16)18/h2-9H,10H2,1H3. The number of ether oxygens (including phenoxy) is 1. The van der Waals surface area contributed by atoms with Crippen LogP contribution in [0.2, 0.25) is 0 Å². The Kier molecular flexibility index (Phi) is 3.89. The van der Waals surface area contributed by atoms with E-state index in [0.717, 1.165) is 4.68 Å². The molecule has 0 radical (unpaired) electrons. The molecule has 116 valence electrons. The smallest absolute Gasteiger partial charge is 0.302 e. The summed E-state index contributed by atoms with van der Waals surface area (Å²) in [6, 6.07) is 11.3. The van der Waals surface area contributed by atoms with E-state index in [1.165, 1.54) is 25.3 Å². The molecule has 0 saturated carbocycles. The number of carbonyl (C=O) groups is 1. The Bertz CT molecular complexity index is 950. The van der Waals surface area contributed by atoms with Gasteiger partial charge < -0.3 is 4.74 Å². The highest BCUT2D eigenvalue weighted by molar-refractivity contribution is 5.81. The maximum absolute atomic E-state index is 14.0. The fourth-order valence-electron chi connectivity index (χ4n) is 2.34. The van der Waals surface area contributed by atoms with Crippen molar-refractivity contribution in [3.63, 3.8) is 0 Å². The van der Waals surface area contributed by atoms with Crippen LogP contribution in [0.25, 0.3) is 16.5 Å². The zero-order chi connectivity index (χ0) is 16.4. The summed E-state index contributed by atoms with van der Waals surface area (Å²) >= 11 is 0. The fraction of sp³-hybridized carbons (Fsp3) is 0.118. The van der Waals surface area contributed by atoms with Gasteiger partial charge in [0.25, 0.3) is 5.56 Å². The summed E-state index contributed by atoms with van der Waals surface area (Å²) < 4.78 is 20.1. The molecule has 1 heterocycles. The summed E-state index contributed by atoms with van der Waals surface area (Å²) in [7, 11) is 0. The largest absolute Gasteiger partial charge is 0.461 e. The van der Waals surface area contributed by atoms with Gasteiger partial charge in [-0.15, -0.1) is 0 Å². The van der Waals surface area contributed by atoms with Crippen LogP contribution in [-0.2, 0) is 16.1 Å². The van der Waals surface area contributed by atoms with Crippen LogP contribution >= 0.6 is 0 Å². The highest BCUT2D eigenvalue weighted by atomic mass is 19.1. The minimum Gasteiger partial charge on any atom is -0.461 e. The second-order valence-electron chi connectivity index (χ2n) is 4.97. The zero-order valence-electron chi connectivity index (χ0n) is 12.3. The molecule has 23 heavy (non-hydrogen) atoms. The zero-order valence-corrected chi connectivity index (χ0v) is 12.3. The van der Waals surface area contributed by atoms with Gasteiger partial charge in [-0.1, -0.05) is 30.3 Å². The molecule has 0 bridgehead atoms. The molecule has 3 aromatic rings. The van der Waals surface area contributed by atoms with Gasteiger partial charge in [-0.25, -0.2) is 4.39 Å². The molecule has 0 atom stereocenters. The molecule has 0 saturated heterocycles. The van der Waals surface area contributed by atoms with Crippen molar-refractivity contribution in [1.82, 2.24) is 9.78 Å². The van der Waals surface area contributed by atoms with Crippen molar-refractivity contribution >= 4 is 16.7 Å². The van der Waals surface area contributed by atoms with Gasteiger partial charge in [0.2, 0.25) is 0 Å². The molecular formula is C17H13FN2O3. The average Bonchev–Trinajstić information content (AvgIpc) is 2.54. The molecule has 0 aliphatic heterocycles. The van der Waals surface area contributed by atoms with Gasteiger partial charge >= 0.3 is 5.97 Å². The predicted octanol–water partition coefficient (Wildman–Crippen LogP) is 2.59. The van der Waals surface area contributed by atoms with Crippen molar-refractivity contribution in [3.8, 4) is 5.69 Å². The van der Waals surface area contributed by atoms with E-state index in [9.17, 15) is 14.0 Å². The van der Waals surface area contributed by atoms with Crippen LogP contribution in [0, 0.1) is 5.82 Å². The van der Waals surface area contributed by atoms with Gasteiger partial charge in [0.05, 0.1) is 17.3 Å². The molecule has 2 aromatic carbocycles. The van der Waals surface area contributed by atoms with Crippen LogP contribution in [0.3, 0.4) is 0 Å². The molecule has 0 spiro atoms. The molecule has 0 unspecified atom stereocenters. The Morgan fingerprint density at radius 1 is 1.22 bits per heavy atom. The highest BCUT2D eigenvalue weighted by Gasteiger charge is 2.13. The third-order valence-electron chi connectivity index (χ3n) is 3.42. The summed E-state index contributed by atoms with van der Waals surface area (Å²) in [6.45, 7) is 1.31. The second kappa shape index (κ2) is 6.00. The highest BCUT2D eigenvalue weighted by Crippen LogP contribution is 2.16. The molecular weight excluding hydrogens is 299 g/mol. The Balaban J connectivity index is 2.18. The van der Waals surface area contributed by atoms with E-state index >= 15 is 0 Å². The molecule has 0 aliphatic rings. The monoisotopic (exact) mass is 312 g/mol. The first-order chi connectivity index (χ1) is 11.1. The van der Waals surface area contributed by atoms with E-state index in [1.807, 2.05) is 0 Å². The van der Waals surface area contributed by atoms with Crippen LogP contribution in [0.4, 0.5) is 4.39 Å². The van der Waals surface area contributed by atoms with E-state index in [0.29, 0.717) is 16.6 Å². The second-order valence-corrected chi connectivity index (χ2v) is 4.97. The molecule has 0 N–H and O–H groups in total. The minimum atomic E-state index is -0.596. The van der Waals surface area contributed by atoms with Gasteiger partial charge in [0.1, 0.15) is 12.4 Å². The van der Waals surface area contributed by atoms with Crippen molar-refractivity contribution in [2.45, 2.75) is 13.5 Å². The molecule has 0 fully saturated rings. The summed E-state index contributed by atoms with van der Waals surface area (Å²) in [4.78, 5) is 23.6. The number of rotatable bonds is 3. The Morgan fingerprint density at radius 3 is 2.78 bits per heavy atom. The maximum atomic E-state index is 14.0. The Labute approximate surface area is 130 Å². The van der Waals surface area contributed by atoms with Crippen molar-refractivity contribution in [1.29, 1.82) is 0 Å². The SMILES string of the molecule is CC(=O)OCc1ccccc1-n1ncc2cccc(F)c2c1=O. The first kappa shape index (κ1) is 14.9. The Hall–Kier alpha value is -3.02. The fourth-order valence-corrected chi connectivity index (χ4v) is 2.34. The van der Waals surface area contributed by atoms with E-state index in [2.05, 4.69) is 5.10 Å². The van der Waals surface area contributed by atoms with Crippen LogP contribution in [0.1, 0.15) is 12.5 Å². The van der Waals surface area contributed by atoms with Gasteiger partial charge in [-0.2, -0.15) is 9.78 Å². The van der Waals surface area contributed by atoms with Crippen LogP contribution < -0.4 is 5.56 Å². The number of halogens is 1. The van der Waals surface area contributed by atoms with E-state index in [-0.39, 0.29) is 12.0 Å². The quantitative estimate of drug-likeness (QED) is 0.697. The van der Waals surface area contributed by atoms with Crippen molar-refractivity contribution in [3.05, 3.63) is 70.4 Å². The number of aromatic nitrogens is 2. The van der Waals surface area contributed by atoms with E-state index in [4.69, 9.17) is 4.74 Å². The van der Waals surface area contributed by atoms with Crippen LogP contribution in [0.5, 0.6) is 0 Å². The first-order valence-corrected chi connectivity index (χ1v) is 6.96. The number of benzene rings is 2. The molecule has 6 heteroatoms. The van der Waals surface area contributed by atoms with Gasteiger partial charge in [0, 0.05) is 17.9 Å². The summed E-state index contributed by atoms with van der Waals surface area (Å²) in [5.41, 5.74) is 0.493. The van der Waals surface area contributed by atoms with E-state index in [1.54, 1.807) is 30.3 Å². The Morgan fingerprint density at radius 2 is 2.00 bits per heavy atom. The molecule has 0 amide bonds. The normalized spacial score (nSPS) is 10.7. The van der Waals surface area contributed by atoms with Gasteiger partial charge in [-0.05, 0) is 12.1 Å². The molecule has 0 aliphatic carbocycles. The lowest BCUT2D eigenvalue weighted by Gasteiger charge is -2.11. The number of fused-ring (bicyclic) bond motifs is 1. The number of hydrogen-bond acceptors (Lipinski definition) is 4. The lowest BCUT2D eigenvalue weighted by molar-refractivity contribution is -0.142. The maximum Gasteiger partial charge on any atom is 0.302 e. The predicted molar refractivity (Wildman–Crippen MR) is 82.8 cm³/mol. The average molecular weight is 312 g/mol. The van der Waals surface area contributed by atoms with Crippen LogP contribution in [0.15, 0.2) is 53.5 Å². The van der Waals surface area contributed by atoms with Gasteiger partial charge in [-0.3, -0.25) is 9.59 Å². The molecule has 1 aromatic heterocycles. The van der Waals surface area contributed by atoms with Crippen molar-refractivity contribution in [2.75, 3.05) is 0 Å². The van der Waals surface area contributed by atoms with E-state index < -0.39 is 17.3 Å². The lowest BCUT2D eigenvalue weighted by atomic mass is 10.1. The van der Waals surface area contributed by atoms with Gasteiger partial charge in [0.15, 0.2) is 0 Å². The lowest BCUT2D eigenvalue weighted by Crippen LogP contribution is -2.23. The minimum absolute atomic E-state index is 0.00886. The summed E-state index contributed by atoms with van der Waals surface area (Å²) in [6.07, 6.45) is 1.43. The molecule has 5 nitrogen and oxygen atoms in total. The number of nitrogens with zero attached hydrogens (tertiary/aromatic N) is 2. The summed E-state index contributed by atoms with van der Waals surface area (Å²) in [5.74, 6) is -1.02. The number of hydrogen-bond donors (Lipinski definition) is 0. The number of carbonyl (C=O) groups excluding carboxylic acids is 1. The van der Waals surface area contributed by atoms with Crippen LogP contribution in [-0.4, -0.2) is 15.7 Å². The first-order valence-electron chi connectivity index (χ1n) is 6.96. The number of para-hydroxylation sites is 1. The third kappa shape index (κ3) is 2.83.